The third-order valence-corrected chi connectivity index (χ3v) is 6.45. The lowest BCUT2D eigenvalue weighted by Gasteiger charge is -2.43. The quantitative estimate of drug-likeness (QED) is 0.686. The summed E-state index contributed by atoms with van der Waals surface area (Å²) in [6.07, 6.45) is 7.34. The lowest BCUT2D eigenvalue weighted by molar-refractivity contribution is -0.00201. The van der Waals surface area contributed by atoms with E-state index in [1.165, 1.54) is 12.8 Å². The molecule has 2 fully saturated rings. The van der Waals surface area contributed by atoms with Gasteiger partial charge in [0.1, 0.15) is 0 Å². The Kier molecular flexibility index (Phi) is 2.18. The first-order valence-electron chi connectivity index (χ1n) is 6.89. The molecule has 0 bridgehead atoms. The highest BCUT2D eigenvalue weighted by molar-refractivity contribution is 5.32. The Morgan fingerprint density at radius 3 is 2.65 bits per heavy atom. The van der Waals surface area contributed by atoms with E-state index in [-0.39, 0.29) is 29.0 Å². The van der Waals surface area contributed by atoms with E-state index in [9.17, 15) is 10.2 Å². The van der Waals surface area contributed by atoms with Crippen LogP contribution >= 0.6 is 0 Å². The molecule has 0 aromatic carbocycles. The van der Waals surface area contributed by atoms with E-state index in [0.717, 1.165) is 6.42 Å². The van der Waals surface area contributed by atoms with Gasteiger partial charge < -0.3 is 10.2 Å². The average molecular weight is 236 g/mol. The second-order valence-electron chi connectivity index (χ2n) is 7.17. The summed E-state index contributed by atoms with van der Waals surface area (Å²) in [5.41, 5.74) is 0.0558. The van der Waals surface area contributed by atoms with E-state index >= 15 is 0 Å². The maximum atomic E-state index is 10.4. The van der Waals surface area contributed by atoms with Gasteiger partial charge >= 0.3 is 0 Å². The molecule has 6 atom stereocenters. The van der Waals surface area contributed by atoms with E-state index in [4.69, 9.17) is 0 Å². The van der Waals surface area contributed by atoms with Crippen molar-refractivity contribution in [2.24, 2.45) is 28.1 Å². The fraction of sp³-hybridized carbons (Fsp3) is 0.867. The summed E-state index contributed by atoms with van der Waals surface area (Å²) in [7, 11) is 0. The lowest BCUT2D eigenvalue weighted by atomic mass is 9.61. The topological polar surface area (TPSA) is 40.5 Å². The first-order chi connectivity index (χ1) is 7.91. The molecule has 2 nitrogen and oxygen atoms in total. The summed E-state index contributed by atoms with van der Waals surface area (Å²) in [5, 5.41) is 20.2. The van der Waals surface area contributed by atoms with Gasteiger partial charge in [-0.15, -0.1) is 0 Å². The van der Waals surface area contributed by atoms with Crippen molar-refractivity contribution in [3.63, 3.8) is 0 Å². The van der Waals surface area contributed by atoms with Crippen LogP contribution in [0.15, 0.2) is 12.2 Å². The largest absolute Gasteiger partial charge is 0.396 e. The average Bonchev–Trinajstić information content (AvgIpc) is 2.81. The Labute approximate surface area is 104 Å². The first kappa shape index (κ1) is 11.7. The molecule has 17 heavy (non-hydrogen) atoms. The molecule has 0 aromatic heterocycles. The van der Waals surface area contributed by atoms with Gasteiger partial charge in [-0.05, 0) is 36.5 Å². The zero-order valence-corrected chi connectivity index (χ0v) is 11.1. The van der Waals surface area contributed by atoms with Crippen LogP contribution in [0.4, 0.5) is 0 Å². The van der Waals surface area contributed by atoms with Crippen molar-refractivity contribution >= 4 is 0 Å². The van der Waals surface area contributed by atoms with Crippen LogP contribution in [0.2, 0.25) is 0 Å². The normalized spacial score (nSPS) is 60.6. The molecule has 3 aliphatic carbocycles. The number of rotatable bonds is 1. The van der Waals surface area contributed by atoms with Crippen LogP contribution in [0.3, 0.4) is 0 Å². The highest BCUT2D eigenvalue weighted by Gasteiger charge is 2.71. The van der Waals surface area contributed by atoms with Gasteiger partial charge in [-0.1, -0.05) is 32.9 Å². The third kappa shape index (κ3) is 1.05. The molecular formula is C15H24O2. The Balaban J connectivity index is 2.16. The van der Waals surface area contributed by atoms with Crippen molar-refractivity contribution in [2.75, 3.05) is 6.61 Å². The van der Waals surface area contributed by atoms with Crippen molar-refractivity contribution in [3.05, 3.63) is 12.2 Å². The number of allylic oxidation sites excluding steroid dienone is 1. The van der Waals surface area contributed by atoms with E-state index in [1.54, 1.807) is 0 Å². The van der Waals surface area contributed by atoms with E-state index < -0.39 is 0 Å². The number of aliphatic hydroxyl groups excluding tert-OH is 2. The fourth-order valence-electron chi connectivity index (χ4n) is 5.70. The van der Waals surface area contributed by atoms with Crippen LogP contribution in [-0.2, 0) is 0 Å². The predicted molar refractivity (Wildman–Crippen MR) is 67.4 cm³/mol. The molecule has 0 unspecified atom stereocenters. The van der Waals surface area contributed by atoms with Crippen molar-refractivity contribution < 1.29 is 10.2 Å². The Hall–Kier alpha value is -0.340. The number of aliphatic hydroxyl groups is 2. The molecule has 2 heteroatoms. The van der Waals surface area contributed by atoms with Crippen LogP contribution in [0.25, 0.3) is 0 Å². The first-order valence-corrected chi connectivity index (χ1v) is 6.89. The third-order valence-electron chi connectivity index (χ3n) is 6.45. The molecule has 2 saturated carbocycles. The molecule has 0 saturated heterocycles. The number of hydrogen-bond acceptors (Lipinski definition) is 2. The number of hydrogen-bond donors (Lipinski definition) is 2. The van der Waals surface area contributed by atoms with E-state index in [1.807, 2.05) is 6.08 Å². The van der Waals surface area contributed by atoms with Crippen molar-refractivity contribution in [2.45, 2.75) is 46.1 Å². The SMILES string of the molecule is C[C@@H]1CC[C@H]2[C@](C)(CO)C[C@]3(C)[C@@H](O)C=C[C@]123. The lowest BCUT2D eigenvalue weighted by Crippen LogP contribution is -2.42. The summed E-state index contributed by atoms with van der Waals surface area (Å²) < 4.78 is 0. The Morgan fingerprint density at radius 2 is 2.00 bits per heavy atom. The van der Waals surface area contributed by atoms with Crippen LogP contribution in [0.5, 0.6) is 0 Å². The predicted octanol–water partition coefficient (Wildman–Crippen LogP) is 2.36. The smallest absolute Gasteiger partial charge is 0.0783 e. The van der Waals surface area contributed by atoms with Gasteiger partial charge in [-0.3, -0.25) is 0 Å². The molecule has 3 aliphatic rings. The maximum Gasteiger partial charge on any atom is 0.0783 e. The van der Waals surface area contributed by atoms with Gasteiger partial charge in [0.25, 0.3) is 0 Å². The standard InChI is InChI=1S/C15H24O2/c1-10-4-5-11-13(2,9-16)8-14(3)12(17)6-7-15(10,11)14/h6-7,10-12,16-17H,4-5,8-9H2,1-3H3/t10-,11+,12+,13+,14-,15+/m1/s1. The van der Waals surface area contributed by atoms with Crippen molar-refractivity contribution in [1.82, 2.24) is 0 Å². The minimum atomic E-state index is -0.334. The second-order valence-corrected chi connectivity index (χ2v) is 7.17. The minimum Gasteiger partial charge on any atom is -0.396 e. The van der Waals surface area contributed by atoms with Gasteiger partial charge in [0.2, 0.25) is 0 Å². The fourth-order valence-corrected chi connectivity index (χ4v) is 5.70. The van der Waals surface area contributed by atoms with Crippen molar-refractivity contribution in [3.8, 4) is 0 Å². The summed E-state index contributed by atoms with van der Waals surface area (Å²) in [6, 6.07) is 0. The molecule has 96 valence electrons. The molecule has 1 spiro atoms. The molecule has 0 amide bonds. The van der Waals surface area contributed by atoms with Gasteiger partial charge in [0.05, 0.1) is 6.10 Å². The molecule has 2 N–H and O–H groups in total. The van der Waals surface area contributed by atoms with Gasteiger partial charge in [-0.25, -0.2) is 0 Å². The second kappa shape index (κ2) is 3.16. The zero-order valence-electron chi connectivity index (χ0n) is 11.1. The maximum absolute atomic E-state index is 10.4. The van der Waals surface area contributed by atoms with E-state index in [0.29, 0.717) is 11.8 Å². The van der Waals surface area contributed by atoms with Crippen LogP contribution < -0.4 is 0 Å². The molecule has 0 heterocycles. The van der Waals surface area contributed by atoms with E-state index in [2.05, 4.69) is 26.8 Å². The summed E-state index contributed by atoms with van der Waals surface area (Å²) in [5.74, 6) is 1.16. The molecule has 0 aliphatic heterocycles. The zero-order chi connectivity index (χ0) is 12.5. The molecular weight excluding hydrogens is 212 g/mol. The molecule has 0 radical (unpaired) electrons. The van der Waals surface area contributed by atoms with Crippen molar-refractivity contribution in [1.29, 1.82) is 0 Å². The monoisotopic (exact) mass is 236 g/mol. The highest BCUT2D eigenvalue weighted by atomic mass is 16.3. The van der Waals surface area contributed by atoms with Crippen LogP contribution in [0.1, 0.15) is 40.0 Å². The van der Waals surface area contributed by atoms with Gasteiger partial charge in [0, 0.05) is 17.4 Å². The Bertz CT molecular complexity index is 377. The Morgan fingerprint density at radius 1 is 1.29 bits per heavy atom. The molecule has 0 aromatic rings. The van der Waals surface area contributed by atoms with Gasteiger partial charge in [0.15, 0.2) is 0 Å². The minimum absolute atomic E-state index is 0.00868. The van der Waals surface area contributed by atoms with Crippen LogP contribution in [-0.4, -0.2) is 22.9 Å². The summed E-state index contributed by atoms with van der Waals surface area (Å²) in [4.78, 5) is 0. The van der Waals surface area contributed by atoms with Gasteiger partial charge in [-0.2, -0.15) is 0 Å². The highest BCUT2D eigenvalue weighted by Crippen LogP contribution is 2.75. The summed E-state index contributed by atoms with van der Waals surface area (Å²) >= 11 is 0. The summed E-state index contributed by atoms with van der Waals surface area (Å²) in [6.45, 7) is 7.01. The van der Waals surface area contributed by atoms with Crippen LogP contribution in [0, 0.1) is 28.1 Å². The molecule has 3 rings (SSSR count).